The molecule has 1 aromatic carbocycles. The molecule has 2 nitrogen and oxygen atoms in total. The molecule has 0 radical (unpaired) electrons. The van der Waals surface area contributed by atoms with E-state index in [0.29, 0.717) is 12.5 Å². The highest BCUT2D eigenvalue weighted by atomic mass is 15.1. The predicted octanol–water partition coefficient (Wildman–Crippen LogP) is 2.73. The summed E-state index contributed by atoms with van der Waals surface area (Å²) in [5.41, 5.74) is 8.54. The molecule has 1 fully saturated rings. The lowest BCUT2D eigenvalue weighted by Crippen LogP contribution is -2.33. The van der Waals surface area contributed by atoms with Crippen molar-refractivity contribution in [1.82, 2.24) is 4.90 Å². The molecule has 0 amide bonds. The van der Waals surface area contributed by atoms with Gasteiger partial charge in [0.05, 0.1) is 0 Å². The zero-order valence-electron chi connectivity index (χ0n) is 10.9. The summed E-state index contributed by atoms with van der Waals surface area (Å²) in [6.07, 6.45) is 4.14. The summed E-state index contributed by atoms with van der Waals surface area (Å²) in [6.45, 7) is 6.70. The monoisotopic (exact) mass is 232 g/mol. The number of hydrogen-bond donors (Lipinski definition) is 1. The Morgan fingerprint density at radius 1 is 1.18 bits per heavy atom. The molecule has 0 bridgehead atoms. The van der Waals surface area contributed by atoms with E-state index >= 15 is 0 Å². The summed E-state index contributed by atoms with van der Waals surface area (Å²) < 4.78 is 0. The highest BCUT2D eigenvalue weighted by molar-refractivity contribution is 5.30. The van der Waals surface area contributed by atoms with Crippen LogP contribution in [0.3, 0.4) is 0 Å². The Bertz CT molecular complexity index is 343. The maximum atomic E-state index is 5.81. The molecule has 1 atom stereocenters. The smallest absolute Gasteiger partial charge is 0.0180 e. The van der Waals surface area contributed by atoms with Gasteiger partial charge in [-0.05, 0) is 43.0 Å². The normalized spacial score (nSPS) is 19.2. The van der Waals surface area contributed by atoms with E-state index in [2.05, 4.69) is 36.1 Å². The van der Waals surface area contributed by atoms with Gasteiger partial charge in [0.2, 0.25) is 0 Å². The predicted molar refractivity (Wildman–Crippen MR) is 73.0 cm³/mol. The molecular formula is C15H24N2. The van der Waals surface area contributed by atoms with Crippen LogP contribution in [-0.2, 0) is 6.54 Å². The van der Waals surface area contributed by atoms with Crippen LogP contribution in [0, 0.1) is 0 Å². The maximum Gasteiger partial charge on any atom is 0.0180 e. The third-order valence-corrected chi connectivity index (χ3v) is 3.79. The van der Waals surface area contributed by atoms with Crippen LogP contribution in [-0.4, -0.2) is 24.5 Å². The fourth-order valence-corrected chi connectivity index (χ4v) is 2.83. The molecule has 2 heteroatoms. The summed E-state index contributed by atoms with van der Waals surface area (Å²) in [5.74, 6) is 0.591. The number of nitrogens with zero attached hydrogens (tertiary/aromatic N) is 1. The third-order valence-electron chi connectivity index (χ3n) is 3.79. The van der Waals surface area contributed by atoms with Crippen molar-refractivity contribution >= 4 is 0 Å². The van der Waals surface area contributed by atoms with Gasteiger partial charge >= 0.3 is 0 Å². The van der Waals surface area contributed by atoms with Crippen molar-refractivity contribution in [1.29, 1.82) is 0 Å². The van der Waals surface area contributed by atoms with Crippen LogP contribution in [0.4, 0.5) is 0 Å². The van der Waals surface area contributed by atoms with Gasteiger partial charge in [-0.25, -0.2) is 0 Å². The first kappa shape index (κ1) is 12.6. The summed E-state index contributed by atoms with van der Waals surface area (Å²) in [4.78, 5) is 2.60. The van der Waals surface area contributed by atoms with Gasteiger partial charge in [-0.3, -0.25) is 0 Å². The van der Waals surface area contributed by atoms with Crippen molar-refractivity contribution in [3.05, 3.63) is 35.4 Å². The topological polar surface area (TPSA) is 29.3 Å². The highest BCUT2D eigenvalue weighted by Gasteiger charge is 2.15. The van der Waals surface area contributed by atoms with E-state index in [0.717, 1.165) is 0 Å². The Morgan fingerprint density at radius 3 is 2.59 bits per heavy atom. The quantitative estimate of drug-likeness (QED) is 0.865. The average Bonchev–Trinajstić information content (AvgIpc) is 2.40. The van der Waals surface area contributed by atoms with E-state index < -0.39 is 0 Å². The third kappa shape index (κ3) is 3.30. The fourth-order valence-electron chi connectivity index (χ4n) is 2.83. The highest BCUT2D eigenvalue weighted by Crippen LogP contribution is 2.22. The molecule has 0 aromatic heterocycles. The van der Waals surface area contributed by atoms with Gasteiger partial charge in [0.1, 0.15) is 0 Å². The second-order valence-corrected chi connectivity index (χ2v) is 5.17. The molecule has 0 aliphatic carbocycles. The molecule has 1 aliphatic heterocycles. The Morgan fingerprint density at radius 2 is 1.88 bits per heavy atom. The summed E-state index contributed by atoms with van der Waals surface area (Å²) in [6, 6.07) is 8.60. The molecule has 1 heterocycles. The first-order valence-electron chi connectivity index (χ1n) is 6.81. The standard InChI is InChI=1S/C15H24N2/c1-13(12-17-9-5-2-6-10-17)15-8-4-3-7-14(15)11-16/h3-4,7-8,13H,2,5-6,9-12,16H2,1H3. The van der Waals surface area contributed by atoms with E-state index in [1.165, 1.54) is 50.0 Å². The van der Waals surface area contributed by atoms with Crippen molar-refractivity contribution < 1.29 is 0 Å². The average molecular weight is 232 g/mol. The maximum absolute atomic E-state index is 5.81. The number of rotatable bonds is 4. The zero-order chi connectivity index (χ0) is 12.1. The second-order valence-electron chi connectivity index (χ2n) is 5.17. The molecular weight excluding hydrogens is 208 g/mol. The molecule has 1 aromatic rings. The summed E-state index contributed by atoms with van der Waals surface area (Å²) >= 11 is 0. The number of hydrogen-bond acceptors (Lipinski definition) is 2. The number of nitrogens with two attached hydrogens (primary N) is 1. The second kappa shape index (κ2) is 6.18. The van der Waals surface area contributed by atoms with Crippen molar-refractivity contribution in [2.75, 3.05) is 19.6 Å². The van der Waals surface area contributed by atoms with Crippen LogP contribution in [0.1, 0.15) is 43.2 Å². The van der Waals surface area contributed by atoms with Gasteiger partial charge in [-0.1, -0.05) is 37.6 Å². The molecule has 1 saturated heterocycles. The van der Waals surface area contributed by atoms with E-state index in [1.54, 1.807) is 0 Å². The fraction of sp³-hybridized carbons (Fsp3) is 0.600. The van der Waals surface area contributed by atoms with E-state index in [1.807, 2.05) is 0 Å². The molecule has 17 heavy (non-hydrogen) atoms. The molecule has 1 aliphatic rings. The van der Waals surface area contributed by atoms with Gasteiger partial charge in [0.15, 0.2) is 0 Å². The Hall–Kier alpha value is -0.860. The number of likely N-dealkylation sites (tertiary alicyclic amines) is 1. The van der Waals surface area contributed by atoms with Gasteiger partial charge in [0.25, 0.3) is 0 Å². The number of benzene rings is 1. The molecule has 0 saturated carbocycles. The van der Waals surface area contributed by atoms with Crippen LogP contribution >= 0.6 is 0 Å². The minimum absolute atomic E-state index is 0.591. The molecule has 0 spiro atoms. The summed E-state index contributed by atoms with van der Waals surface area (Å²) in [5, 5.41) is 0. The minimum atomic E-state index is 0.591. The lowest BCUT2D eigenvalue weighted by molar-refractivity contribution is 0.218. The van der Waals surface area contributed by atoms with Crippen molar-refractivity contribution in [2.24, 2.45) is 5.73 Å². The Kier molecular flexibility index (Phi) is 4.57. The van der Waals surface area contributed by atoms with Crippen LogP contribution in [0.5, 0.6) is 0 Å². The lowest BCUT2D eigenvalue weighted by atomic mass is 9.94. The SMILES string of the molecule is CC(CN1CCCCC1)c1ccccc1CN. The molecule has 94 valence electrons. The zero-order valence-corrected chi connectivity index (χ0v) is 10.9. The Balaban J connectivity index is 2.00. The van der Waals surface area contributed by atoms with E-state index in [4.69, 9.17) is 5.73 Å². The van der Waals surface area contributed by atoms with Gasteiger partial charge in [-0.2, -0.15) is 0 Å². The van der Waals surface area contributed by atoms with Crippen molar-refractivity contribution in [2.45, 2.75) is 38.6 Å². The Labute approximate surface area is 105 Å². The first-order chi connectivity index (χ1) is 8.31. The number of piperidine rings is 1. The molecule has 2 rings (SSSR count). The van der Waals surface area contributed by atoms with Crippen LogP contribution in [0.2, 0.25) is 0 Å². The van der Waals surface area contributed by atoms with Crippen molar-refractivity contribution in [3.63, 3.8) is 0 Å². The van der Waals surface area contributed by atoms with Crippen LogP contribution < -0.4 is 5.73 Å². The largest absolute Gasteiger partial charge is 0.326 e. The first-order valence-corrected chi connectivity index (χ1v) is 6.81. The van der Waals surface area contributed by atoms with E-state index in [-0.39, 0.29) is 0 Å². The summed E-state index contributed by atoms with van der Waals surface area (Å²) in [7, 11) is 0. The minimum Gasteiger partial charge on any atom is -0.326 e. The van der Waals surface area contributed by atoms with Crippen LogP contribution in [0.15, 0.2) is 24.3 Å². The molecule has 2 N–H and O–H groups in total. The van der Waals surface area contributed by atoms with Crippen LogP contribution in [0.25, 0.3) is 0 Å². The van der Waals surface area contributed by atoms with Gasteiger partial charge in [0, 0.05) is 13.1 Å². The van der Waals surface area contributed by atoms with Gasteiger partial charge in [-0.15, -0.1) is 0 Å². The van der Waals surface area contributed by atoms with Crippen molar-refractivity contribution in [3.8, 4) is 0 Å². The molecule has 1 unspecified atom stereocenters. The lowest BCUT2D eigenvalue weighted by Gasteiger charge is -2.29. The van der Waals surface area contributed by atoms with Gasteiger partial charge < -0.3 is 10.6 Å². The van der Waals surface area contributed by atoms with E-state index in [9.17, 15) is 0 Å².